The number of anilines is 2. The van der Waals surface area contributed by atoms with E-state index < -0.39 is 17.9 Å². The molecule has 22 heavy (non-hydrogen) atoms. The van der Waals surface area contributed by atoms with Gasteiger partial charge in [-0.25, -0.2) is 9.18 Å². The molecule has 1 aliphatic heterocycles. The molecule has 8 heteroatoms. The summed E-state index contributed by atoms with van der Waals surface area (Å²) in [6.07, 6.45) is -1.24. The average Bonchev–Trinajstić information content (AvgIpc) is 2.69. The molecule has 1 fully saturated rings. The molecule has 120 valence electrons. The molecule has 7 nitrogen and oxygen atoms in total. The topological polar surface area (TPSA) is 102 Å². The van der Waals surface area contributed by atoms with Gasteiger partial charge < -0.3 is 25.7 Å². The first-order chi connectivity index (χ1) is 10.5. The van der Waals surface area contributed by atoms with Gasteiger partial charge in [0.05, 0.1) is 12.2 Å². The summed E-state index contributed by atoms with van der Waals surface area (Å²) in [6, 6.07) is 4.41. The molecule has 0 aromatic heterocycles. The third kappa shape index (κ3) is 4.08. The maximum absolute atomic E-state index is 14.2. The zero-order chi connectivity index (χ0) is 16.1. The van der Waals surface area contributed by atoms with Gasteiger partial charge in [0.1, 0.15) is 5.82 Å². The molecule has 1 heterocycles. The van der Waals surface area contributed by atoms with E-state index in [0.717, 1.165) is 0 Å². The summed E-state index contributed by atoms with van der Waals surface area (Å²) in [7, 11) is 0. The summed E-state index contributed by atoms with van der Waals surface area (Å²) in [5.41, 5.74) is 0.770. The highest BCUT2D eigenvalue weighted by Crippen LogP contribution is 2.23. The predicted molar refractivity (Wildman–Crippen MR) is 78.4 cm³/mol. The molecular formula is C14H18FN3O4. The molecule has 0 radical (unpaired) electrons. The standard InChI is InChI=1S/C14H18FN3O4/c15-10-7-9(17-8-12(19)14(21)22)1-2-11(10)18-5-3-13(20)16-4-6-18/h1-2,7,12,17,19H,3-6,8H2,(H,16,20)(H,21,22)/t12-/m1/s1. The highest BCUT2D eigenvalue weighted by atomic mass is 19.1. The highest BCUT2D eigenvalue weighted by Gasteiger charge is 2.17. The van der Waals surface area contributed by atoms with Gasteiger partial charge in [0.2, 0.25) is 5.91 Å². The number of amides is 1. The number of benzene rings is 1. The summed E-state index contributed by atoms with van der Waals surface area (Å²) >= 11 is 0. The van der Waals surface area contributed by atoms with Crippen LogP contribution in [0.15, 0.2) is 18.2 Å². The van der Waals surface area contributed by atoms with Crippen molar-refractivity contribution in [1.82, 2.24) is 5.32 Å². The van der Waals surface area contributed by atoms with Gasteiger partial charge in [-0.1, -0.05) is 0 Å². The number of nitrogens with zero attached hydrogens (tertiary/aromatic N) is 1. The molecule has 0 unspecified atom stereocenters. The van der Waals surface area contributed by atoms with Crippen molar-refractivity contribution in [3.05, 3.63) is 24.0 Å². The normalized spacial score (nSPS) is 16.6. The second-order valence-electron chi connectivity index (χ2n) is 4.99. The number of aliphatic hydroxyl groups is 1. The van der Waals surface area contributed by atoms with E-state index in [0.29, 0.717) is 37.4 Å². The lowest BCUT2D eigenvalue weighted by Gasteiger charge is -2.23. The monoisotopic (exact) mass is 311 g/mol. The Balaban J connectivity index is 2.02. The van der Waals surface area contributed by atoms with Crippen molar-refractivity contribution in [2.45, 2.75) is 12.5 Å². The van der Waals surface area contributed by atoms with Crippen molar-refractivity contribution in [3.63, 3.8) is 0 Å². The van der Waals surface area contributed by atoms with Gasteiger partial charge in [0, 0.05) is 31.7 Å². The van der Waals surface area contributed by atoms with Crippen molar-refractivity contribution in [2.24, 2.45) is 0 Å². The Kier molecular flexibility index (Phi) is 5.16. The van der Waals surface area contributed by atoms with Gasteiger partial charge in [-0.2, -0.15) is 0 Å². The van der Waals surface area contributed by atoms with E-state index in [1.807, 2.05) is 0 Å². The molecule has 1 aromatic rings. The van der Waals surface area contributed by atoms with Gasteiger partial charge in [-0.3, -0.25) is 4.79 Å². The summed E-state index contributed by atoms with van der Waals surface area (Å²) in [4.78, 5) is 23.6. The third-order valence-electron chi connectivity index (χ3n) is 3.39. The van der Waals surface area contributed by atoms with Crippen LogP contribution in [0.25, 0.3) is 0 Å². The average molecular weight is 311 g/mol. The van der Waals surface area contributed by atoms with E-state index in [1.165, 1.54) is 6.07 Å². The number of aliphatic carboxylic acids is 1. The van der Waals surface area contributed by atoms with Crippen molar-refractivity contribution in [1.29, 1.82) is 0 Å². The van der Waals surface area contributed by atoms with E-state index in [4.69, 9.17) is 10.2 Å². The first-order valence-corrected chi connectivity index (χ1v) is 6.93. The Bertz CT molecular complexity index is 567. The summed E-state index contributed by atoms with van der Waals surface area (Å²) < 4.78 is 14.2. The molecule has 1 aliphatic rings. The lowest BCUT2D eigenvalue weighted by Crippen LogP contribution is -2.29. The largest absolute Gasteiger partial charge is 0.479 e. The minimum atomic E-state index is -1.55. The molecule has 4 N–H and O–H groups in total. The number of rotatable bonds is 5. The van der Waals surface area contributed by atoms with Crippen LogP contribution in [0, 0.1) is 5.82 Å². The van der Waals surface area contributed by atoms with Crippen LogP contribution in [0.4, 0.5) is 15.8 Å². The maximum Gasteiger partial charge on any atom is 0.334 e. The second-order valence-corrected chi connectivity index (χ2v) is 4.99. The van der Waals surface area contributed by atoms with Crippen molar-refractivity contribution >= 4 is 23.3 Å². The minimum Gasteiger partial charge on any atom is -0.479 e. The van der Waals surface area contributed by atoms with Gasteiger partial charge in [0.25, 0.3) is 0 Å². The van der Waals surface area contributed by atoms with E-state index >= 15 is 0 Å². The van der Waals surface area contributed by atoms with Crippen molar-refractivity contribution in [2.75, 3.05) is 36.4 Å². The molecule has 1 saturated heterocycles. The van der Waals surface area contributed by atoms with Gasteiger partial charge in [-0.15, -0.1) is 0 Å². The molecular weight excluding hydrogens is 293 g/mol. The minimum absolute atomic E-state index is 0.0520. The van der Waals surface area contributed by atoms with Crippen molar-refractivity contribution < 1.29 is 24.2 Å². The van der Waals surface area contributed by atoms with Crippen LogP contribution >= 0.6 is 0 Å². The number of carboxylic acid groups (broad SMARTS) is 1. The summed E-state index contributed by atoms with van der Waals surface area (Å²) in [6.45, 7) is 1.21. The van der Waals surface area contributed by atoms with Crippen LogP contribution in [0.2, 0.25) is 0 Å². The molecule has 1 atom stereocenters. The quantitative estimate of drug-likeness (QED) is 0.611. The Morgan fingerprint density at radius 2 is 2.23 bits per heavy atom. The van der Waals surface area contributed by atoms with E-state index in [9.17, 15) is 14.0 Å². The van der Waals surface area contributed by atoms with Crippen molar-refractivity contribution in [3.8, 4) is 0 Å². The third-order valence-corrected chi connectivity index (χ3v) is 3.39. The SMILES string of the molecule is O=C1CCN(c2ccc(NC[C@@H](O)C(=O)O)cc2F)CCN1. The summed E-state index contributed by atoms with van der Waals surface area (Å²) in [5.74, 6) is -1.86. The zero-order valence-corrected chi connectivity index (χ0v) is 11.9. The number of halogens is 1. The molecule has 1 amide bonds. The lowest BCUT2D eigenvalue weighted by molar-refractivity contribution is -0.145. The molecule has 2 rings (SSSR count). The first kappa shape index (κ1) is 16.0. The number of carbonyl (C=O) groups excluding carboxylic acids is 1. The van der Waals surface area contributed by atoms with Crippen LogP contribution < -0.4 is 15.5 Å². The highest BCUT2D eigenvalue weighted by molar-refractivity contribution is 5.77. The zero-order valence-electron chi connectivity index (χ0n) is 11.9. The van der Waals surface area contributed by atoms with Crippen LogP contribution in [0.5, 0.6) is 0 Å². The number of aliphatic hydroxyl groups excluding tert-OH is 1. The van der Waals surface area contributed by atoms with Gasteiger partial charge in [0.15, 0.2) is 6.10 Å². The fourth-order valence-corrected chi connectivity index (χ4v) is 2.18. The molecule has 0 spiro atoms. The molecule has 0 saturated carbocycles. The number of carbonyl (C=O) groups is 2. The molecule has 0 aliphatic carbocycles. The molecule has 1 aromatic carbocycles. The van der Waals surface area contributed by atoms with Gasteiger partial charge >= 0.3 is 5.97 Å². The number of carboxylic acids is 1. The van der Waals surface area contributed by atoms with E-state index in [1.54, 1.807) is 17.0 Å². The van der Waals surface area contributed by atoms with E-state index in [-0.39, 0.29) is 12.5 Å². The number of hydrogen-bond donors (Lipinski definition) is 4. The Hall–Kier alpha value is -2.35. The van der Waals surface area contributed by atoms with Crippen LogP contribution in [0.1, 0.15) is 6.42 Å². The Morgan fingerprint density at radius 3 is 2.91 bits per heavy atom. The number of hydrogen-bond acceptors (Lipinski definition) is 5. The van der Waals surface area contributed by atoms with Crippen LogP contribution in [-0.4, -0.2) is 54.4 Å². The fourth-order valence-electron chi connectivity index (χ4n) is 2.18. The summed E-state index contributed by atoms with van der Waals surface area (Å²) in [5, 5.41) is 23.1. The second kappa shape index (κ2) is 7.08. The lowest BCUT2D eigenvalue weighted by atomic mass is 10.2. The smallest absolute Gasteiger partial charge is 0.334 e. The molecule has 0 bridgehead atoms. The number of nitrogens with one attached hydrogen (secondary N) is 2. The maximum atomic E-state index is 14.2. The van der Waals surface area contributed by atoms with E-state index in [2.05, 4.69) is 10.6 Å². The fraction of sp³-hybridized carbons (Fsp3) is 0.429. The van der Waals surface area contributed by atoms with Crippen LogP contribution in [-0.2, 0) is 9.59 Å². The first-order valence-electron chi connectivity index (χ1n) is 6.93. The van der Waals surface area contributed by atoms with Crippen LogP contribution in [0.3, 0.4) is 0 Å². The Labute approximate surface area is 126 Å². The Morgan fingerprint density at radius 1 is 1.45 bits per heavy atom. The predicted octanol–water partition coefficient (Wildman–Crippen LogP) is 0.00940. The van der Waals surface area contributed by atoms with Gasteiger partial charge in [-0.05, 0) is 18.2 Å².